The number of rotatable bonds is 4. The second-order valence-corrected chi connectivity index (χ2v) is 5.42. The number of Topliss-reactive ketones (excluding diaryl/α,β-unsaturated/α-hetero) is 1. The minimum Gasteiger partial charge on any atom is -0.497 e. The van der Waals surface area contributed by atoms with Crippen molar-refractivity contribution >= 4 is 17.6 Å². The van der Waals surface area contributed by atoms with Crippen molar-refractivity contribution in [2.75, 3.05) is 12.4 Å². The molecule has 23 heavy (non-hydrogen) atoms. The molecule has 0 aliphatic heterocycles. The summed E-state index contributed by atoms with van der Waals surface area (Å²) in [4.78, 5) is 23.2. The Morgan fingerprint density at radius 1 is 1.09 bits per heavy atom. The van der Waals surface area contributed by atoms with Crippen molar-refractivity contribution in [1.29, 1.82) is 0 Å². The number of carbonyl (C=O) groups is 2. The van der Waals surface area contributed by atoms with E-state index in [1.165, 1.54) is 0 Å². The molecule has 1 aliphatic carbocycles. The monoisotopic (exact) mass is 311 g/mol. The standard InChI is InChI=1S/C18H17NO4/c1-22-15-8-6-13(7-9-15)19-18(21)23-17-5-3-2-4-16(17)12-10-14(20)11-12/h2-9,12H,10-11H2,1H3,(H,19,21). The van der Waals surface area contributed by atoms with Crippen molar-refractivity contribution in [1.82, 2.24) is 0 Å². The molecule has 1 saturated carbocycles. The number of carbonyl (C=O) groups excluding carboxylic acids is 2. The number of hydrogen-bond donors (Lipinski definition) is 1. The zero-order valence-corrected chi connectivity index (χ0v) is 12.7. The molecule has 0 bridgehead atoms. The third kappa shape index (κ3) is 3.51. The fourth-order valence-corrected chi connectivity index (χ4v) is 2.54. The smallest absolute Gasteiger partial charge is 0.417 e. The van der Waals surface area contributed by atoms with Crippen LogP contribution in [0.15, 0.2) is 48.5 Å². The van der Waals surface area contributed by atoms with Gasteiger partial charge in [0, 0.05) is 24.4 Å². The van der Waals surface area contributed by atoms with Crippen molar-refractivity contribution in [3.63, 3.8) is 0 Å². The van der Waals surface area contributed by atoms with E-state index in [1.54, 1.807) is 43.5 Å². The lowest BCUT2D eigenvalue weighted by Gasteiger charge is -2.26. The topological polar surface area (TPSA) is 64.6 Å². The molecular formula is C18H17NO4. The highest BCUT2D eigenvalue weighted by molar-refractivity contribution is 5.88. The molecule has 0 saturated heterocycles. The van der Waals surface area contributed by atoms with Crippen molar-refractivity contribution in [2.24, 2.45) is 0 Å². The molecule has 0 radical (unpaired) electrons. The van der Waals surface area contributed by atoms with Gasteiger partial charge in [-0.25, -0.2) is 4.79 Å². The molecule has 1 N–H and O–H groups in total. The molecule has 5 nitrogen and oxygen atoms in total. The SMILES string of the molecule is COc1ccc(NC(=O)Oc2ccccc2C2CC(=O)C2)cc1. The summed E-state index contributed by atoms with van der Waals surface area (Å²) in [6.45, 7) is 0. The van der Waals surface area contributed by atoms with Gasteiger partial charge in [-0.05, 0) is 35.9 Å². The van der Waals surface area contributed by atoms with Gasteiger partial charge in [-0.2, -0.15) is 0 Å². The Kier molecular flexibility index (Phi) is 4.28. The van der Waals surface area contributed by atoms with Gasteiger partial charge in [0.15, 0.2) is 0 Å². The van der Waals surface area contributed by atoms with Crippen LogP contribution in [0.5, 0.6) is 11.5 Å². The van der Waals surface area contributed by atoms with Gasteiger partial charge in [0.2, 0.25) is 0 Å². The van der Waals surface area contributed by atoms with Crippen LogP contribution in [-0.2, 0) is 4.79 Å². The fraction of sp³-hybridized carbons (Fsp3) is 0.222. The van der Waals surface area contributed by atoms with E-state index in [0.717, 1.165) is 5.56 Å². The number of amides is 1. The normalized spacial score (nSPS) is 14.0. The number of anilines is 1. The number of ketones is 1. The quantitative estimate of drug-likeness (QED) is 0.934. The lowest BCUT2D eigenvalue weighted by Crippen LogP contribution is -2.23. The first kappa shape index (κ1) is 15.1. The van der Waals surface area contributed by atoms with Gasteiger partial charge in [-0.3, -0.25) is 10.1 Å². The summed E-state index contributed by atoms with van der Waals surface area (Å²) >= 11 is 0. The number of ether oxygens (including phenoxy) is 2. The first-order valence-corrected chi connectivity index (χ1v) is 7.39. The highest BCUT2D eigenvalue weighted by atomic mass is 16.6. The molecule has 1 aliphatic rings. The van der Waals surface area contributed by atoms with Crippen LogP contribution >= 0.6 is 0 Å². The Morgan fingerprint density at radius 2 is 1.78 bits per heavy atom. The van der Waals surface area contributed by atoms with E-state index in [0.29, 0.717) is 30.0 Å². The molecule has 0 unspecified atom stereocenters. The molecule has 2 aromatic rings. The predicted molar refractivity (Wildman–Crippen MR) is 86.1 cm³/mol. The summed E-state index contributed by atoms with van der Waals surface area (Å²) in [7, 11) is 1.58. The Hall–Kier alpha value is -2.82. The van der Waals surface area contributed by atoms with Crippen LogP contribution in [0.4, 0.5) is 10.5 Å². The predicted octanol–water partition coefficient (Wildman–Crippen LogP) is 3.75. The average Bonchev–Trinajstić information content (AvgIpc) is 2.53. The first-order valence-electron chi connectivity index (χ1n) is 7.39. The molecule has 3 rings (SSSR count). The van der Waals surface area contributed by atoms with E-state index in [4.69, 9.17) is 9.47 Å². The molecule has 0 aromatic heterocycles. The third-order valence-corrected chi connectivity index (χ3v) is 3.85. The fourth-order valence-electron chi connectivity index (χ4n) is 2.54. The van der Waals surface area contributed by atoms with Crippen LogP contribution in [0.25, 0.3) is 0 Å². The third-order valence-electron chi connectivity index (χ3n) is 3.85. The molecule has 0 heterocycles. The Bertz CT molecular complexity index is 716. The molecule has 0 atom stereocenters. The molecule has 2 aromatic carbocycles. The summed E-state index contributed by atoms with van der Waals surface area (Å²) in [5, 5.41) is 2.67. The number of methoxy groups -OCH3 is 1. The number of hydrogen-bond acceptors (Lipinski definition) is 4. The van der Waals surface area contributed by atoms with E-state index in [1.807, 2.05) is 12.1 Å². The minimum absolute atomic E-state index is 0.146. The molecule has 0 spiro atoms. The van der Waals surface area contributed by atoms with Crippen LogP contribution in [0.1, 0.15) is 24.3 Å². The Balaban J connectivity index is 1.66. The van der Waals surface area contributed by atoms with Crippen molar-refractivity contribution < 1.29 is 19.1 Å². The van der Waals surface area contributed by atoms with Gasteiger partial charge < -0.3 is 9.47 Å². The number of para-hydroxylation sites is 1. The van der Waals surface area contributed by atoms with Gasteiger partial charge in [0.1, 0.15) is 17.3 Å². The highest BCUT2D eigenvalue weighted by Crippen LogP contribution is 2.38. The molecular weight excluding hydrogens is 294 g/mol. The van der Waals surface area contributed by atoms with E-state index >= 15 is 0 Å². The summed E-state index contributed by atoms with van der Waals surface area (Å²) in [6, 6.07) is 14.3. The second-order valence-electron chi connectivity index (χ2n) is 5.42. The van der Waals surface area contributed by atoms with E-state index in [-0.39, 0.29) is 11.7 Å². The van der Waals surface area contributed by atoms with Crippen LogP contribution in [0, 0.1) is 0 Å². The second kappa shape index (κ2) is 6.52. The van der Waals surface area contributed by atoms with Crippen LogP contribution in [0.3, 0.4) is 0 Å². The number of benzene rings is 2. The van der Waals surface area contributed by atoms with E-state index in [9.17, 15) is 9.59 Å². The van der Waals surface area contributed by atoms with Gasteiger partial charge >= 0.3 is 6.09 Å². The van der Waals surface area contributed by atoms with E-state index in [2.05, 4.69) is 5.32 Å². The summed E-state index contributed by atoms with van der Waals surface area (Å²) in [5.74, 6) is 1.60. The van der Waals surface area contributed by atoms with E-state index < -0.39 is 6.09 Å². The average molecular weight is 311 g/mol. The van der Waals surface area contributed by atoms with Crippen LogP contribution in [-0.4, -0.2) is 19.0 Å². The summed E-state index contributed by atoms with van der Waals surface area (Å²) in [5.41, 5.74) is 1.52. The maximum absolute atomic E-state index is 12.1. The van der Waals surface area contributed by atoms with Gasteiger partial charge in [0.25, 0.3) is 0 Å². The summed E-state index contributed by atoms with van der Waals surface area (Å²) in [6.07, 6.45) is 0.467. The largest absolute Gasteiger partial charge is 0.497 e. The Labute approximate surface area is 134 Å². The highest BCUT2D eigenvalue weighted by Gasteiger charge is 2.30. The summed E-state index contributed by atoms with van der Waals surface area (Å²) < 4.78 is 10.5. The zero-order valence-electron chi connectivity index (χ0n) is 12.7. The Morgan fingerprint density at radius 3 is 2.43 bits per heavy atom. The zero-order chi connectivity index (χ0) is 16.2. The van der Waals surface area contributed by atoms with Gasteiger partial charge in [-0.15, -0.1) is 0 Å². The molecule has 1 amide bonds. The lowest BCUT2D eigenvalue weighted by molar-refractivity contribution is -0.124. The van der Waals surface area contributed by atoms with Crippen molar-refractivity contribution in [3.8, 4) is 11.5 Å². The molecule has 5 heteroatoms. The van der Waals surface area contributed by atoms with Crippen molar-refractivity contribution in [2.45, 2.75) is 18.8 Å². The van der Waals surface area contributed by atoms with Gasteiger partial charge in [-0.1, -0.05) is 18.2 Å². The van der Waals surface area contributed by atoms with Gasteiger partial charge in [0.05, 0.1) is 7.11 Å². The van der Waals surface area contributed by atoms with Crippen LogP contribution in [0.2, 0.25) is 0 Å². The maximum atomic E-state index is 12.1. The molecule has 118 valence electrons. The first-order chi connectivity index (χ1) is 11.2. The number of nitrogens with one attached hydrogen (secondary N) is 1. The maximum Gasteiger partial charge on any atom is 0.417 e. The minimum atomic E-state index is -0.562. The molecule has 1 fully saturated rings. The van der Waals surface area contributed by atoms with Crippen molar-refractivity contribution in [3.05, 3.63) is 54.1 Å². The lowest BCUT2D eigenvalue weighted by atomic mass is 9.78. The van der Waals surface area contributed by atoms with Crippen LogP contribution < -0.4 is 14.8 Å².